The summed E-state index contributed by atoms with van der Waals surface area (Å²) in [7, 11) is 0. The predicted octanol–water partition coefficient (Wildman–Crippen LogP) is 4.73. The van der Waals surface area contributed by atoms with E-state index in [-0.39, 0.29) is 0 Å². The summed E-state index contributed by atoms with van der Waals surface area (Å²) in [5.74, 6) is 1.60. The summed E-state index contributed by atoms with van der Waals surface area (Å²) >= 11 is 5.97. The molecule has 0 unspecified atom stereocenters. The molecule has 0 bridgehead atoms. The SMILES string of the molecule is Cc1ccc(C)c(-n2c(CCCl)nc3cc(C)ccc32)c1. The summed E-state index contributed by atoms with van der Waals surface area (Å²) in [6.45, 7) is 6.35. The Morgan fingerprint density at radius 1 is 1.00 bits per heavy atom. The first-order valence-corrected chi connectivity index (χ1v) is 7.75. The Balaban J connectivity index is 2.33. The van der Waals surface area contributed by atoms with Crippen LogP contribution >= 0.6 is 11.6 Å². The van der Waals surface area contributed by atoms with Crippen molar-refractivity contribution in [1.82, 2.24) is 9.55 Å². The first-order valence-electron chi connectivity index (χ1n) is 7.21. The summed E-state index contributed by atoms with van der Waals surface area (Å²) in [4.78, 5) is 4.79. The van der Waals surface area contributed by atoms with Crippen molar-refractivity contribution in [1.29, 1.82) is 0 Å². The van der Waals surface area contributed by atoms with E-state index < -0.39 is 0 Å². The van der Waals surface area contributed by atoms with Crippen molar-refractivity contribution in [2.24, 2.45) is 0 Å². The van der Waals surface area contributed by atoms with Gasteiger partial charge in [0, 0.05) is 12.3 Å². The van der Waals surface area contributed by atoms with E-state index in [1.54, 1.807) is 0 Å². The van der Waals surface area contributed by atoms with Gasteiger partial charge in [-0.15, -0.1) is 11.6 Å². The van der Waals surface area contributed by atoms with E-state index in [1.807, 2.05) is 0 Å². The molecule has 3 aromatic rings. The molecule has 2 aromatic carbocycles. The van der Waals surface area contributed by atoms with Gasteiger partial charge in [0.2, 0.25) is 0 Å². The normalized spacial score (nSPS) is 11.2. The second-order valence-corrected chi connectivity index (χ2v) is 5.96. The molecule has 0 amide bonds. The first kappa shape index (κ1) is 14.2. The maximum atomic E-state index is 5.97. The molecule has 0 aliphatic carbocycles. The third-order valence-electron chi connectivity index (χ3n) is 3.80. The molecule has 0 saturated heterocycles. The van der Waals surface area contributed by atoms with Crippen LogP contribution in [-0.4, -0.2) is 15.4 Å². The number of fused-ring (bicyclic) bond motifs is 1. The maximum Gasteiger partial charge on any atom is 0.115 e. The third kappa shape index (κ3) is 2.56. The first-order chi connectivity index (χ1) is 10.1. The highest BCUT2D eigenvalue weighted by molar-refractivity contribution is 6.17. The molecule has 0 aliphatic heterocycles. The van der Waals surface area contributed by atoms with E-state index in [0.717, 1.165) is 23.3 Å². The molecule has 0 aliphatic rings. The van der Waals surface area contributed by atoms with Gasteiger partial charge in [0.05, 0.1) is 16.7 Å². The molecule has 21 heavy (non-hydrogen) atoms. The molecule has 0 spiro atoms. The monoisotopic (exact) mass is 298 g/mol. The van der Waals surface area contributed by atoms with E-state index in [1.165, 1.54) is 22.4 Å². The zero-order valence-corrected chi connectivity index (χ0v) is 13.4. The topological polar surface area (TPSA) is 17.8 Å². The average Bonchev–Trinajstić information content (AvgIpc) is 2.79. The van der Waals surface area contributed by atoms with E-state index in [0.29, 0.717) is 5.88 Å². The van der Waals surface area contributed by atoms with Gasteiger partial charge in [0.15, 0.2) is 0 Å². The van der Waals surface area contributed by atoms with Gasteiger partial charge in [-0.1, -0.05) is 18.2 Å². The van der Waals surface area contributed by atoms with Gasteiger partial charge in [-0.25, -0.2) is 4.98 Å². The van der Waals surface area contributed by atoms with Gasteiger partial charge in [-0.3, -0.25) is 4.57 Å². The van der Waals surface area contributed by atoms with Crippen LogP contribution in [0.15, 0.2) is 36.4 Å². The fourth-order valence-electron chi connectivity index (χ4n) is 2.72. The summed E-state index contributed by atoms with van der Waals surface area (Å²) in [6.07, 6.45) is 0.767. The third-order valence-corrected chi connectivity index (χ3v) is 3.99. The van der Waals surface area contributed by atoms with Crippen LogP contribution in [0.4, 0.5) is 0 Å². The van der Waals surface area contributed by atoms with Gasteiger partial charge >= 0.3 is 0 Å². The van der Waals surface area contributed by atoms with E-state index in [9.17, 15) is 0 Å². The van der Waals surface area contributed by atoms with Crippen molar-refractivity contribution in [2.45, 2.75) is 27.2 Å². The fourth-order valence-corrected chi connectivity index (χ4v) is 2.89. The summed E-state index contributed by atoms with van der Waals surface area (Å²) in [5, 5.41) is 0. The lowest BCUT2D eigenvalue weighted by atomic mass is 10.1. The van der Waals surface area contributed by atoms with Gasteiger partial charge < -0.3 is 0 Å². The van der Waals surface area contributed by atoms with Crippen molar-refractivity contribution >= 4 is 22.6 Å². The van der Waals surface area contributed by atoms with Gasteiger partial charge in [0.1, 0.15) is 5.82 Å². The molecule has 1 heterocycles. The van der Waals surface area contributed by atoms with Crippen molar-refractivity contribution in [3.8, 4) is 5.69 Å². The molecule has 3 heteroatoms. The number of imidazole rings is 1. The Morgan fingerprint density at radius 2 is 1.71 bits per heavy atom. The fraction of sp³-hybridized carbons (Fsp3) is 0.278. The average molecular weight is 299 g/mol. The molecule has 2 nitrogen and oxygen atoms in total. The number of rotatable bonds is 3. The molecule has 1 aromatic heterocycles. The Morgan fingerprint density at radius 3 is 2.48 bits per heavy atom. The Kier molecular flexibility index (Phi) is 3.73. The van der Waals surface area contributed by atoms with Gasteiger partial charge in [0.25, 0.3) is 0 Å². The Bertz CT molecular complexity index is 802. The second kappa shape index (κ2) is 5.53. The van der Waals surface area contributed by atoms with Crippen LogP contribution in [0.1, 0.15) is 22.5 Å². The lowest BCUT2D eigenvalue weighted by molar-refractivity contribution is 0.906. The quantitative estimate of drug-likeness (QED) is 0.639. The molecule has 0 atom stereocenters. The summed E-state index contributed by atoms with van der Waals surface area (Å²) in [5.41, 5.74) is 7.11. The summed E-state index contributed by atoms with van der Waals surface area (Å²) < 4.78 is 2.25. The Labute approximate surface area is 130 Å². The highest BCUT2D eigenvalue weighted by Gasteiger charge is 2.13. The summed E-state index contributed by atoms with van der Waals surface area (Å²) in [6, 6.07) is 12.9. The lowest BCUT2D eigenvalue weighted by Gasteiger charge is -2.12. The Hall–Kier alpha value is -1.80. The molecule has 0 fully saturated rings. The number of nitrogens with zero attached hydrogens (tertiary/aromatic N) is 2. The number of hydrogen-bond donors (Lipinski definition) is 0. The van der Waals surface area contributed by atoms with Crippen molar-refractivity contribution in [3.63, 3.8) is 0 Å². The van der Waals surface area contributed by atoms with Crippen LogP contribution in [0.3, 0.4) is 0 Å². The number of alkyl halides is 1. The zero-order chi connectivity index (χ0) is 15.0. The maximum absolute atomic E-state index is 5.97. The number of aromatic nitrogens is 2. The van der Waals surface area contributed by atoms with Crippen LogP contribution in [0.25, 0.3) is 16.7 Å². The molecular formula is C18H19ClN2. The molecule has 0 saturated carbocycles. The lowest BCUT2D eigenvalue weighted by Crippen LogP contribution is -2.04. The smallest absolute Gasteiger partial charge is 0.115 e. The van der Waals surface area contributed by atoms with E-state index in [2.05, 4.69) is 61.7 Å². The molecule has 0 N–H and O–H groups in total. The van der Waals surface area contributed by atoms with Crippen LogP contribution < -0.4 is 0 Å². The largest absolute Gasteiger partial charge is 0.296 e. The van der Waals surface area contributed by atoms with E-state index in [4.69, 9.17) is 16.6 Å². The highest BCUT2D eigenvalue weighted by Crippen LogP contribution is 2.26. The number of aryl methyl sites for hydroxylation is 4. The van der Waals surface area contributed by atoms with Crippen molar-refractivity contribution < 1.29 is 0 Å². The van der Waals surface area contributed by atoms with Crippen LogP contribution in [0.5, 0.6) is 0 Å². The zero-order valence-electron chi connectivity index (χ0n) is 12.7. The van der Waals surface area contributed by atoms with Gasteiger partial charge in [-0.2, -0.15) is 0 Å². The van der Waals surface area contributed by atoms with Crippen LogP contribution in [0, 0.1) is 20.8 Å². The van der Waals surface area contributed by atoms with E-state index >= 15 is 0 Å². The van der Waals surface area contributed by atoms with Crippen LogP contribution in [0.2, 0.25) is 0 Å². The minimum Gasteiger partial charge on any atom is -0.296 e. The minimum atomic E-state index is 0.577. The van der Waals surface area contributed by atoms with Crippen molar-refractivity contribution in [3.05, 3.63) is 58.9 Å². The number of hydrogen-bond acceptors (Lipinski definition) is 1. The second-order valence-electron chi connectivity index (χ2n) is 5.58. The van der Waals surface area contributed by atoms with Crippen LogP contribution in [-0.2, 0) is 6.42 Å². The number of benzene rings is 2. The van der Waals surface area contributed by atoms with Gasteiger partial charge in [-0.05, 0) is 55.7 Å². The standard InChI is InChI=1S/C18H19ClN2/c1-12-5-7-16-15(10-12)20-18(8-9-19)21(16)17-11-13(2)4-6-14(17)3/h4-7,10-11H,8-9H2,1-3H3. The molecule has 3 rings (SSSR count). The van der Waals surface area contributed by atoms with Crippen molar-refractivity contribution in [2.75, 3.05) is 5.88 Å². The predicted molar refractivity (Wildman–Crippen MR) is 89.7 cm³/mol. The molecular weight excluding hydrogens is 280 g/mol. The minimum absolute atomic E-state index is 0.577. The molecule has 0 radical (unpaired) electrons. The molecule has 108 valence electrons. The highest BCUT2D eigenvalue weighted by atomic mass is 35.5. The number of halogens is 1.